The lowest BCUT2D eigenvalue weighted by molar-refractivity contribution is 0.499. The molecule has 1 saturated carbocycles. The standard InChI is InChI=1S/C12H15BrFN/c1-11(2)6-12(11,7-15)8-3-9(13)5-10(14)4-8/h3-5H,6-7,15H2,1-2H3. The van der Waals surface area contributed by atoms with Crippen molar-refractivity contribution >= 4 is 15.9 Å². The first kappa shape index (κ1) is 11.1. The van der Waals surface area contributed by atoms with Crippen LogP contribution < -0.4 is 5.73 Å². The van der Waals surface area contributed by atoms with Gasteiger partial charge >= 0.3 is 0 Å². The molecule has 1 aliphatic carbocycles. The van der Waals surface area contributed by atoms with Crippen LogP contribution in [0, 0.1) is 11.2 Å². The topological polar surface area (TPSA) is 26.0 Å². The summed E-state index contributed by atoms with van der Waals surface area (Å²) in [4.78, 5) is 0. The van der Waals surface area contributed by atoms with E-state index >= 15 is 0 Å². The van der Waals surface area contributed by atoms with Crippen molar-refractivity contribution < 1.29 is 4.39 Å². The van der Waals surface area contributed by atoms with Crippen molar-refractivity contribution in [1.82, 2.24) is 0 Å². The highest BCUT2D eigenvalue weighted by Crippen LogP contribution is 2.63. The Balaban J connectivity index is 2.46. The lowest BCUT2D eigenvalue weighted by Crippen LogP contribution is -2.25. The predicted molar refractivity (Wildman–Crippen MR) is 63.2 cm³/mol. The summed E-state index contributed by atoms with van der Waals surface area (Å²) in [6.45, 7) is 4.94. The zero-order valence-corrected chi connectivity index (χ0v) is 10.6. The van der Waals surface area contributed by atoms with E-state index in [1.54, 1.807) is 6.07 Å². The van der Waals surface area contributed by atoms with Gasteiger partial charge in [0.1, 0.15) is 5.82 Å². The molecule has 1 nitrogen and oxygen atoms in total. The van der Waals surface area contributed by atoms with Crippen molar-refractivity contribution in [2.45, 2.75) is 25.7 Å². The summed E-state index contributed by atoms with van der Waals surface area (Å²) in [6.07, 6.45) is 1.03. The molecule has 3 heteroatoms. The Morgan fingerprint density at radius 2 is 2.00 bits per heavy atom. The Bertz CT molecular complexity index is 382. The van der Waals surface area contributed by atoms with Crippen LogP contribution in [0.4, 0.5) is 4.39 Å². The second kappa shape index (κ2) is 3.29. The van der Waals surface area contributed by atoms with Gasteiger partial charge in [-0.1, -0.05) is 29.8 Å². The van der Waals surface area contributed by atoms with Gasteiger partial charge in [0.05, 0.1) is 0 Å². The van der Waals surface area contributed by atoms with Crippen LogP contribution in [-0.2, 0) is 5.41 Å². The van der Waals surface area contributed by atoms with Crippen LogP contribution in [0.25, 0.3) is 0 Å². The van der Waals surface area contributed by atoms with Crippen molar-refractivity contribution in [2.75, 3.05) is 6.54 Å². The molecule has 0 spiro atoms. The number of nitrogens with two attached hydrogens (primary N) is 1. The zero-order chi connectivity index (χ0) is 11.3. The summed E-state index contributed by atoms with van der Waals surface area (Å²) in [5, 5.41) is 0. The normalized spacial score (nSPS) is 27.8. The van der Waals surface area contributed by atoms with E-state index in [2.05, 4.69) is 29.8 Å². The lowest BCUT2D eigenvalue weighted by atomic mass is 9.88. The molecule has 1 aromatic rings. The Morgan fingerprint density at radius 3 is 2.40 bits per heavy atom. The van der Waals surface area contributed by atoms with Crippen LogP contribution in [0.15, 0.2) is 22.7 Å². The molecule has 2 rings (SSSR count). The van der Waals surface area contributed by atoms with Gasteiger partial charge in [-0.25, -0.2) is 4.39 Å². The summed E-state index contributed by atoms with van der Waals surface area (Å²) in [7, 11) is 0. The van der Waals surface area contributed by atoms with E-state index in [0.717, 1.165) is 16.5 Å². The maximum absolute atomic E-state index is 13.3. The molecular formula is C12H15BrFN. The average Bonchev–Trinajstić information content (AvgIpc) is 2.68. The van der Waals surface area contributed by atoms with Gasteiger partial charge in [0, 0.05) is 16.4 Å². The molecule has 0 saturated heterocycles. The van der Waals surface area contributed by atoms with E-state index < -0.39 is 0 Å². The summed E-state index contributed by atoms with van der Waals surface area (Å²) < 4.78 is 14.1. The first-order chi connectivity index (χ1) is 6.91. The van der Waals surface area contributed by atoms with Crippen LogP contribution in [0.5, 0.6) is 0 Å². The maximum Gasteiger partial charge on any atom is 0.124 e. The van der Waals surface area contributed by atoms with Gasteiger partial charge in [0.15, 0.2) is 0 Å². The van der Waals surface area contributed by atoms with Gasteiger partial charge < -0.3 is 5.73 Å². The monoisotopic (exact) mass is 271 g/mol. The Kier molecular flexibility index (Phi) is 2.43. The molecule has 0 radical (unpaired) electrons. The molecule has 0 aliphatic heterocycles. The third-order valence-electron chi connectivity index (χ3n) is 3.68. The van der Waals surface area contributed by atoms with Crippen molar-refractivity contribution in [3.05, 3.63) is 34.1 Å². The van der Waals surface area contributed by atoms with Gasteiger partial charge in [-0.3, -0.25) is 0 Å². The van der Waals surface area contributed by atoms with Crippen LogP contribution in [0.1, 0.15) is 25.8 Å². The molecule has 0 amide bonds. The van der Waals surface area contributed by atoms with E-state index in [1.165, 1.54) is 6.07 Å². The summed E-state index contributed by atoms with van der Waals surface area (Å²) in [6, 6.07) is 5.06. The first-order valence-corrected chi connectivity index (χ1v) is 5.87. The SMILES string of the molecule is CC1(C)CC1(CN)c1cc(F)cc(Br)c1. The number of hydrogen-bond acceptors (Lipinski definition) is 1. The first-order valence-electron chi connectivity index (χ1n) is 5.08. The maximum atomic E-state index is 13.3. The van der Waals surface area contributed by atoms with Crippen LogP contribution in [0.3, 0.4) is 0 Å². The van der Waals surface area contributed by atoms with E-state index in [9.17, 15) is 4.39 Å². The molecule has 1 atom stereocenters. The number of benzene rings is 1. The average molecular weight is 272 g/mol. The Hall–Kier alpha value is -0.410. The van der Waals surface area contributed by atoms with Crippen LogP contribution >= 0.6 is 15.9 Å². The van der Waals surface area contributed by atoms with Crippen LogP contribution in [-0.4, -0.2) is 6.54 Å². The Labute approximate surface area is 98.0 Å². The second-order valence-corrected chi connectivity index (χ2v) is 5.92. The molecular weight excluding hydrogens is 257 g/mol. The predicted octanol–water partition coefficient (Wildman–Crippen LogP) is 3.21. The fourth-order valence-electron chi connectivity index (χ4n) is 2.50. The highest BCUT2D eigenvalue weighted by Gasteiger charge is 2.61. The summed E-state index contributed by atoms with van der Waals surface area (Å²) >= 11 is 3.32. The molecule has 1 aromatic carbocycles. The Morgan fingerprint density at radius 1 is 1.40 bits per heavy atom. The van der Waals surface area contributed by atoms with Crippen molar-refractivity contribution in [3.63, 3.8) is 0 Å². The quantitative estimate of drug-likeness (QED) is 0.879. The minimum atomic E-state index is -0.199. The minimum absolute atomic E-state index is 0.0301. The van der Waals surface area contributed by atoms with Gasteiger partial charge in [-0.15, -0.1) is 0 Å². The van der Waals surface area contributed by atoms with Gasteiger partial charge in [0.25, 0.3) is 0 Å². The molecule has 2 N–H and O–H groups in total. The van der Waals surface area contributed by atoms with Crippen molar-refractivity contribution in [2.24, 2.45) is 11.1 Å². The van der Waals surface area contributed by atoms with E-state index in [-0.39, 0.29) is 16.6 Å². The van der Waals surface area contributed by atoms with Crippen molar-refractivity contribution in [3.8, 4) is 0 Å². The zero-order valence-electron chi connectivity index (χ0n) is 8.98. The molecule has 0 aromatic heterocycles. The molecule has 15 heavy (non-hydrogen) atoms. The van der Waals surface area contributed by atoms with Gasteiger partial charge in [-0.2, -0.15) is 0 Å². The second-order valence-electron chi connectivity index (χ2n) is 5.01. The fraction of sp³-hybridized carbons (Fsp3) is 0.500. The van der Waals surface area contributed by atoms with E-state index in [0.29, 0.717) is 6.54 Å². The minimum Gasteiger partial charge on any atom is -0.330 e. The fourth-order valence-corrected chi connectivity index (χ4v) is 2.96. The third-order valence-corrected chi connectivity index (χ3v) is 4.14. The lowest BCUT2D eigenvalue weighted by Gasteiger charge is -2.19. The third kappa shape index (κ3) is 1.62. The number of halogens is 2. The van der Waals surface area contributed by atoms with E-state index in [4.69, 9.17) is 5.73 Å². The highest BCUT2D eigenvalue weighted by atomic mass is 79.9. The molecule has 82 valence electrons. The molecule has 0 heterocycles. The summed E-state index contributed by atoms with van der Waals surface area (Å²) in [5.41, 5.74) is 7.01. The molecule has 0 bridgehead atoms. The van der Waals surface area contributed by atoms with Crippen molar-refractivity contribution in [1.29, 1.82) is 0 Å². The molecule has 1 aliphatic rings. The molecule has 1 fully saturated rings. The number of rotatable bonds is 2. The van der Waals surface area contributed by atoms with Crippen LogP contribution in [0.2, 0.25) is 0 Å². The molecule has 1 unspecified atom stereocenters. The van der Waals surface area contributed by atoms with Gasteiger partial charge in [0.2, 0.25) is 0 Å². The summed E-state index contributed by atoms with van der Waals surface area (Å²) in [5.74, 6) is -0.199. The largest absolute Gasteiger partial charge is 0.330 e. The smallest absolute Gasteiger partial charge is 0.124 e. The van der Waals surface area contributed by atoms with E-state index in [1.807, 2.05) is 6.07 Å². The van der Waals surface area contributed by atoms with Gasteiger partial charge in [-0.05, 0) is 35.6 Å². The highest BCUT2D eigenvalue weighted by molar-refractivity contribution is 9.10. The number of hydrogen-bond donors (Lipinski definition) is 1.